The fourth-order valence-corrected chi connectivity index (χ4v) is 2.96. The number of morpholine rings is 1. The Balaban J connectivity index is 1.76. The van der Waals surface area contributed by atoms with Gasteiger partial charge in [-0.3, -0.25) is 0 Å². The summed E-state index contributed by atoms with van der Waals surface area (Å²) in [6.45, 7) is 11.4. The summed E-state index contributed by atoms with van der Waals surface area (Å²) in [7, 11) is 0. The Morgan fingerprint density at radius 2 is 1.96 bits per heavy atom. The molecule has 1 aliphatic heterocycles. The lowest BCUT2D eigenvalue weighted by Gasteiger charge is -2.26. The van der Waals surface area contributed by atoms with Gasteiger partial charge in [0.1, 0.15) is 0 Å². The fourth-order valence-electron chi connectivity index (χ4n) is 2.96. The number of nitrogens with one attached hydrogen (secondary N) is 1. The molecule has 1 N–H and O–H groups in total. The van der Waals surface area contributed by atoms with Crippen LogP contribution in [0.5, 0.6) is 0 Å². The van der Waals surface area contributed by atoms with Gasteiger partial charge in [-0.2, -0.15) is 10.1 Å². The number of aryl methyl sites for hydroxylation is 1. The molecule has 134 valence electrons. The molecule has 1 aromatic heterocycles. The molecular formula is C18H26N6O. The maximum Gasteiger partial charge on any atom is 0.247 e. The first-order valence-corrected chi connectivity index (χ1v) is 8.86. The highest BCUT2D eigenvalue weighted by molar-refractivity contribution is 5.65. The van der Waals surface area contributed by atoms with Crippen LogP contribution in [0.4, 0.5) is 23.1 Å². The van der Waals surface area contributed by atoms with Gasteiger partial charge in [-0.25, -0.2) is 0 Å². The molecule has 2 aromatic rings. The van der Waals surface area contributed by atoms with Crippen molar-refractivity contribution in [1.29, 1.82) is 0 Å². The third kappa shape index (κ3) is 4.17. The molecule has 3 rings (SSSR count). The average molecular weight is 342 g/mol. The summed E-state index contributed by atoms with van der Waals surface area (Å²) in [5.41, 5.74) is 3.45. The molecule has 1 fully saturated rings. The van der Waals surface area contributed by atoms with Crippen LogP contribution < -0.4 is 15.1 Å². The highest BCUT2D eigenvalue weighted by atomic mass is 16.5. The van der Waals surface area contributed by atoms with Crippen molar-refractivity contribution < 1.29 is 4.74 Å². The minimum Gasteiger partial charge on any atom is -0.378 e. The molecule has 1 saturated heterocycles. The number of ether oxygens (including phenoxy) is 1. The molecule has 7 nitrogen and oxygen atoms in total. The van der Waals surface area contributed by atoms with Crippen LogP contribution in [0.3, 0.4) is 0 Å². The number of anilines is 4. The van der Waals surface area contributed by atoms with Gasteiger partial charge in [0.05, 0.1) is 19.4 Å². The van der Waals surface area contributed by atoms with Gasteiger partial charge < -0.3 is 19.9 Å². The summed E-state index contributed by atoms with van der Waals surface area (Å²) in [6.07, 6.45) is 1.65. The van der Waals surface area contributed by atoms with Gasteiger partial charge in [0.25, 0.3) is 0 Å². The van der Waals surface area contributed by atoms with Crippen LogP contribution >= 0.6 is 0 Å². The lowest BCUT2D eigenvalue weighted by atomic mass is 10.1. The Morgan fingerprint density at radius 3 is 2.64 bits per heavy atom. The van der Waals surface area contributed by atoms with Crippen molar-refractivity contribution in [3.8, 4) is 0 Å². The number of hydrogen-bond donors (Lipinski definition) is 1. The molecule has 0 saturated carbocycles. The van der Waals surface area contributed by atoms with E-state index in [4.69, 9.17) is 4.74 Å². The van der Waals surface area contributed by atoms with Crippen LogP contribution in [0.25, 0.3) is 0 Å². The predicted molar refractivity (Wildman–Crippen MR) is 101 cm³/mol. The third-order valence-corrected chi connectivity index (χ3v) is 4.44. The van der Waals surface area contributed by atoms with Crippen LogP contribution in [-0.4, -0.2) is 54.6 Å². The molecule has 0 radical (unpaired) electrons. The summed E-state index contributed by atoms with van der Waals surface area (Å²) < 4.78 is 5.37. The minimum atomic E-state index is 0.644. The fraction of sp³-hybridized carbons (Fsp3) is 0.500. The predicted octanol–water partition coefficient (Wildman–Crippen LogP) is 2.61. The van der Waals surface area contributed by atoms with E-state index >= 15 is 0 Å². The monoisotopic (exact) mass is 342 g/mol. The highest BCUT2D eigenvalue weighted by Crippen LogP contribution is 2.25. The zero-order chi connectivity index (χ0) is 17.6. The van der Waals surface area contributed by atoms with Crippen molar-refractivity contribution >= 4 is 23.1 Å². The van der Waals surface area contributed by atoms with E-state index in [0.29, 0.717) is 25.0 Å². The van der Waals surface area contributed by atoms with Gasteiger partial charge in [0, 0.05) is 37.6 Å². The molecule has 0 unspecified atom stereocenters. The smallest absolute Gasteiger partial charge is 0.247 e. The second-order valence-electron chi connectivity index (χ2n) is 6.04. The number of rotatable bonds is 6. The van der Waals surface area contributed by atoms with Gasteiger partial charge in [-0.1, -0.05) is 0 Å². The molecule has 1 aromatic carbocycles. The van der Waals surface area contributed by atoms with E-state index in [9.17, 15) is 0 Å². The molecule has 0 spiro atoms. The Hall–Kier alpha value is -2.41. The van der Waals surface area contributed by atoms with Crippen LogP contribution in [-0.2, 0) is 4.74 Å². The lowest BCUT2D eigenvalue weighted by molar-refractivity contribution is 0.122. The molecule has 0 atom stereocenters. The second-order valence-corrected chi connectivity index (χ2v) is 6.04. The first-order valence-electron chi connectivity index (χ1n) is 8.86. The van der Waals surface area contributed by atoms with Gasteiger partial charge in [-0.15, -0.1) is 5.10 Å². The van der Waals surface area contributed by atoms with Gasteiger partial charge in [0.2, 0.25) is 5.95 Å². The molecule has 7 heteroatoms. The number of aromatic nitrogens is 3. The summed E-state index contributed by atoms with van der Waals surface area (Å²) in [6, 6.07) is 6.44. The van der Waals surface area contributed by atoms with Crippen LogP contribution in [0.2, 0.25) is 0 Å². The Kier molecular flexibility index (Phi) is 5.65. The van der Waals surface area contributed by atoms with Crippen molar-refractivity contribution in [3.63, 3.8) is 0 Å². The maximum atomic E-state index is 5.37. The first kappa shape index (κ1) is 17.4. The summed E-state index contributed by atoms with van der Waals surface area (Å²) in [5.74, 6) is 1.35. The lowest BCUT2D eigenvalue weighted by Crippen LogP contribution is -2.37. The zero-order valence-corrected chi connectivity index (χ0v) is 15.2. The Labute approximate surface area is 149 Å². The molecule has 2 heterocycles. The number of benzene rings is 1. The Bertz CT molecular complexity index is 698. The molecular weight excluding hydrogens is 316 g/mol. The van der Waals surface area contributed by atoms with Gasteiger partial charge in [-0.05, 0) is 44.5 Å². The van der Waals surface area contributed by atoms with E-state index < -0.39 is 0 Å². The summed E-state index contributed by atoms with van der Waals surface area (Å²) >= 11 is 0. The standard InChI is InChI=1S/C18H26N6O/c1-4-23(5-2)15-6-7-16(14(3)12-15)20-17-13-19-22-18(21-17)24-8-10-25-11-9-24/h6-7,12-13H,4-5,8-11H2,1-3H3,(H,20,21,22). The van der Waals surface area contributed by atoms with E-state index in [-0.39, 0.29) is 0 Å². The minimum absolute atomic E-state index is 0.644. The molecule has 1 aliphatic rings. The first-order chi connectivity index (χ1) is 12.2. The average Bonchev–Trinajstić information content (AvgIpc) is 2.66. The SMILES string of the molecule is CCN(CC)c1ccc(Nc2cnnc(N3CCOCC3)n2)c(C)c1. The zero-order valence-electron chi connectivity index (χ0n) is 15.2. The van der Waals surface area contributed by atoms with E-state index in [1.54, 1.807) is 6.20 Å². The van der Waals surface area contributed by atoms with Crippen LogP contribution in [0.1, 0.15) is 19.4 Å². The van der Waals surface area contributed by atoms with E-state index in [1.165, 1.54) is 11.3 Å². The van der Waals surface area contributed by atoms with Gasteiger partial charge >= 0.3 is 0 Å². The molecule has 0 bridgehead atoms. The van der Waals surface area contributed by atoms with Crippen molar-refractivity contribution in [1.82, 2.24) is 15.2 Å². The van der Waals surface area contributed by atoms with Crippen molar-refractivity contribution in [2.75, 3.05) is 54.5 Å². The molecule has 0 aliphatic carbocycles. The normalized spacial score (nSPS) is 14.4. The number of hydrogen-bond acceptors (Lipinski definition) is 7. The summed E-state index contributed by atoms with van der Waals surface area (Å²) in [5, 5.41) is 11.6. The van der Waals surface area contributed by atoms with Crippen LogP contribution in [0.15, 0.2) is 24.4 Å². The Morgan fingerprint density at radius 1 is 1.20 bits per heavy atom. The maximum absolute atomic E-state index is 5.37. The summed E-state index contributed by atoms with van der Waals surface area (Å²) in [4.78, 5) is 9.03. The van der Waals surface area contributed by atoms with E-state index in [1.807, 2.05) is 0 Å². The van der Waals surface area contributed by atoms with Crippen molar-refractivity contribution in [3.05, 3.63) is 30.0 Å². The molecule has 25 heavy (non-hydrogen) atoms. The highest BCUT2D eigenvalue weighted by Gasteiger charge is 2.15. The van der Waals surface area contributed by atoms with E-state index in [2.05, 4.69) is 69.3 Å². The second kappa shape index (κ2) is 8.11. The molecule has 0 amide bonds. The van der Waals surface area contributed by atoms with Crippen molar-refractivity contribution in [2.45, 2.75) is 20.8 Å². The van der Waals surface area contributed by atoms with E-state index in [0.717, 1.165) is 31.9 Å². The third-order valence-electron chi connectivity index (χ3n) is 4.44. The van der Waals surface area contributed by atoms with Crippen molar-refractivity contribution in [2.24, 2.45) is 0 Å². The quantitative estimate of drug-likeness (QED) is 0.865. The number of nitrogens with zero attached hydrogens (tertiary/aromatic N) is 5. The topological polar surface area (TPSA) is 66.4 Å². The van der Waals surface area contributed by atoms with Crippen LogP contribution in [0, 0.1) is 6.92 Å². The largest absolute Gasteiger partial charge is 0.378 e. The van der Waals surface area contributed by atoms with Gasteiger partial charge in [0.15, 0.2) is 5.82 Å².